The van der Waals surface area contributed by atoms with Crippen LogP contribution in [-0.2, 0) is 0 Å². The first-order chi connectivity index (χ1) is 5.25. The van der Waals surface area contributed by atoms with Gasteiger partial charge in [0.1, 0.15) is 0 Å². The van der Waals surface area contributed by atoms with Gasteiger partial charge in [0.2, 0.25) is 0 Å². The van der Waals surface area contributed by atoms with Gasteiger partial charge < -0.3 is 5.32 Å². The van der Waals surface area contributed by atoms with E-state index in [1.165, 1.54) is 24.1 Å². The molecule has 0 spiro atoms. The molecule has 1 aliphatic carbocycles. The molecule has 2 rings (SSSR count). The van der Waals surface area contributed by atoms with Crippen LogP contribution in [-0.4, -0.2) is 6.04 Å². The van der Waals surface area contributed by atoms with Crippen LogP contribution in [0.1, 0.15) is 26.7 Å². The second-order valence-electron chi connectivity index (χ2n) is 3.77. The summed E-state index contributed by atoms with van der Waals surface area (Å²) in [6.07, 6.45) is 7.20. The highest BCUT2D eigenvalue weighted by Gasteiger charge is 2.21. The van der Waals surface area contributed by atoms with Crippen LogP contribution in [0, 0.1) is 5.92 Å². The van der Waals surface area contributed by atoms with Gasteiger partial charge in [0.05, 0.1) is 0 Å². The summed E-state index contributed by atoms with van der Waals surface area (Å²) in [6.45, 7) is 4.51. The van der Waals surface area contributed by atoms with Gasteiger partial charge in [0, 0.05) is 11.7 Å². The minimum Gasteiger partial charge on any atom is -0.382 e. The predicted octanol–water partition coefficient (Wildman–Crippen LogP) is 2.22. The van der Waals surface area contributed by atoms with E-state index in [0.717, 1.165) is 5.92 Å². The Labute approximate surface area is 68.2 Å². The van der Waals surface area contributed by atoms with Crippen molar-refractivity contribution in [3.05, 3.63) is 23.4 Å². The van der Waals surface area contributed by atoms with Crippen molar-refractivity contribution in [3.8, 4) is 0 Å². The summed E-state index contributed by atoms with van der Waals surface area (Å²) in [5.74, 6) is 0.728. The van der Waals surface area contributed by atoms with Crippen LogP contribution >= 0.6 is 0 Å². The Hall–Kier alpha value is -0.720. The fourth-order valence-corrected chi connectivity index (χ4v) is 1.88. The van der Waals surface area contributed by atoms with Gasteiger partial charge in [-0.15, -0.1) is 0 Å². The maximum Gasteiger partial charge on any atom is 0.0334 e. The van der Waals surface area contributed by atoms with Gasteiger partial charge in [-0.2, -0.15) is 0 Å². The second-order valence-corrected chi connectivity index (χ2v) is 3.77. The van der Waals surface area contributed by atoms with Gasteiger partial charge in [-0.25, -0.2) is 0 Å². The fourth-order valence-electron chi connectivity index (χ4n) is 1.88. The van der Waals surface area contributed by atoms with E-state index in [-0.39, 0.29) is 0 Å². The normalized spacial score (nSPS) is 35.5. The van der Waals surface area contributed by atoms with E-state index in [1.54, 1.807) is 0 Å². The Balaban J connectivity index is 2.24. The molecule has 1 aliphatic heterocycles. The van der Waals surface area contributed by atoms with Crippen LogP contribution in [0.25, 0.3) is 0 Å². The summed E-state index contributed by atoms with van der Waals surface area (Å²) in [4.78, 5) is 0. The molecule has 60 valence electrons. The van der Waals surface area contributed by atoms with Crippen molar-refractivity contribution in [1.82, 2.24) is 5.32 Å². The molecule has 1 heteroatoms. The quantitative estimate of drug-likeness (QED) is 0.557. The summed E-state index contributed by atoms with van der Waals surface area (Å²) >= 11 is 0. The van der Waals surface area contributed by atoms with Crippen LogP contribution in [0.3, 0.4) is 0 Å². The first kappa shape index (κ1) is 6.96. The van der Waals surface area contributed by atoms with E-state index in [1.807, 2.05) is 0 Å². The molecule has 2 aliphatic rings. The van der Waals surface area contributed by atoms with Crippen molar-refractivity contribution in [2.24, 2.45) is 5.92 Å². The van der Waals surface area contributed by atoms with Crippen LogP contribution in [0.5, 0.6) is 0 Å². The van der Waals surface area contributed by atoms with E-state index in [4.69, 9.17) is 0 Å². The van der Waals surface area contributed by atoms with Crippen LogP contribution in [0.15, 0.2) is 23.4 Å². The summed E-state index contributed by atoms with van der Waals surface area (Å²) < 4.78 is 0. The number of hydrogen-bond acceptors (Lipinski definition) is 1. The zero-order valence-electron chi connectivity index (χ0n) is 7.22. The molecular formula is C10H15N. The smallest absolute Gasteiger partial charge is 0.0334 e. The zero-order valence-corrected chi connectivity index (χ0v) is 7.22. The summed E-state index contributed by atoms with van der Waals surface area (Å²) in [7, 11) is 0. The average Bonchev–Trinajstić information content (AvgIpc) is 2.27. The van der Waals surface area contributed by atoms with Gasteiger partial charge in [-0.05, 0) is 31.3 Å². The number of nitrogens with one attached hydrogen (secondary N) is 1. The molecule has 11 heavy (non-hydrogen) atoms. The third-order valence-electron chi connectivity index (χ3n) is 2.46. The molecular weight excluding hydrogens is 134 g/mol. The molecule has 0 bridgehead atoms. The molecule has 1 nitrogen and oxygen atoms in total. The molecule has 1 fully saturated rings. The van der Waals surface area contributed by atoms with E-state index >= 15 is 0 Å². The van der Waals surface area contributed by atoms with E-state index in [2.05, 4.69) is 31.3 Å². The lowest BCUT2D eigenvalue weighted by Crippen LogP contribution is -2.16. The summed E-state index contributed by atoms with van der Waals surface area (Å²) in [6, 6.07) is 0.651. The number of rotatable bonds is 0. The molecule has 1 heterocycles. The van der Waals surface area contributed by atoms with Crippen LogP contribution in [0.2, 0.25) is 0 Å². The van der Waals surface area contributed by atoms with E-state index in [0.29, 0.717) is 6.04 Å². The number of allylic oxidation sites excluding steroid dienone is 3. The Kier molecular flexibility index (Phi) is 1.52. The molecule has 2 unspecified atom stereocenters. The van der Waals surface area contributed by atoms with E-state index in [9.17, 15) is 0 Å². The van der Waals surface area contributed by atoms with Crippen molar-refractivity contribution in [2.75, 3.05) is 0 Å². The van der Waals surface area contributed by atoms with Crippen LogP contribution in [0.4, 0.5) is 0 Å². The van der Waals surface area contributed by atoms with Crippen molar-refractivity contribution in [1.29, 1.82) is 0 Å². The van der Waals surface area contributed by atoms with Crippen molar-refractivity contribution in [3.63, 3.8) is 0 Å². The lowest BCUT2D eigenvalue weighted by Gasteiger charge is -2.12. The molecule has 0 aromatic heterocycles. The monoisotopic (exact) mass is 149 g/mol. The Morgan fingerprint density at radius 3 is 3.09 bits per heavy atom. The Morgan fingerprint density at radius 1 is 1.45 bits per heavy atom. The highest BCUT2D eigenvalue weighted by Crippen LogP contribution is 2.29. The third-order valence-corrected chi connectivity index (χ3v) is 2.46. The largest absolute Gasteiger partial charge is 0.382 e. The van der Waals surface area contributed by atoms with Gasteiger partial charge in [-0.1, -0.05) is 19.1 Å². The molecule has 0 aromatic rings. The lowest BCUT2D eigenvalue weighted by atomic mass is 9.96. The standard InChI is InChI=1S/C10H15N/c1-7-3-4-9-6-8(2)11-10(9)5-7/h4-5,7-8,11H,3,6H2,1-2H3. The average molecular weight is 149 g/mol. The highest BCUT2D eigenvalue weighted by atomic mass is 15.0. The Bertz CT molecular complexity index is 225. The third kappa shape index (κ3) is 1.20. The molecule has 1 N–H and O–H groups in total. The molecule has 0 amide bonds. The zero-order chi connectivity index (χ0) is 7.84. The van der Waals surface area contributed by atoms with Crippen LogP contribution < -0.4 is 5.32 Å². The topological polar surface area (TPSA) is 12.0 Å². The second kappa shape index (κ2) is 2.40. The first-order valence-electron chi connectivity index (χ1n) is 4.43. The van der Waals surface area contributed by atoms with Crippen molar-refractivity contribution < 1.29 is 0 Å². The maximum atomic E-state index is 3.48. The number of fused-ring (bicyclic) bond motifs is 1. The van der Waals surface area contributed by atoms with Crippen molar-refractivity contribution in [2.45, 2.75) is 32.7 Å². The lowest BCUT2D eigenvalue weighted by molar-refractivity contribution is 0.683. The molecule has 0 saturated carbocycles. The minimum absolute atomic E-state index is 0.651. The number of hydrogen-bond donors (Lipinski definition) is 1. The maximum absolute atomic E-state index is 3.48. The predicted molar refractivity (Wildman–Crippen MR) is 47.2 cm³/mol. The summed E-state index contributed by atoms with van der Waals surface area (Å²) in [5, 5.41) is 3.48. The Morgan fingerprint density at radius 2 is 2.27 bits per heavy atom. The molecule has 1 saturated heterocycles. The first-order valence-corrected chi connectivity index (χ1v) is 4.43. The molecule has 0 aromatic carbocycles. The van der Waals surface area contributed by atoms with Gasteiger partial charge in [0.25, 0.3) is 0 Å². The molecule has 2 atom stereocenters. The fraction of sp³-hybridized carbons (Fsp3) is 0.600. The van der Waals surface area contributed by atoms with E-state index < -0.39 is 0 Å². The summed E-state index contributed by atoms with van der Waals surface area (Å²) in [5.41, 5.74) is 2.94. The highest BCUT2D eigenvalue weighted by molar-refractivity contribution is 5.38. The SMILES string of the molecule is CC1C=C2NC(C)CC2=CC1. The molecule has 0 radical (unpaired) electrons. The van der Waals surface area contributed by atoms with Gasteiger partial charge in [-0.3, -0.25) is 0 Å². The van der Waals surface area contributed by atoms with Gasteiger partial charge >= 0.3 is 0 Å². The van der Waals surface area contributed by atoms with Gasteiger partial charge in [0.15, 0.2) is 0 Å². The minimum atomic E-state index is 0.651. The van der Waals surface area contributed by atoms with Crippen molar-refractivity contribution >= 4 is 0 Å².